The third-order valence-electron chi connectivity index (χ3n) is 2.39. The van der Waals surface area contributed by atoms with E-state index in [-0.39, 0.29) is 6.54 Å². The lowest BCUT2D eigenvalue weighted by Crippen LogP contribution is -2.28. The number of aliphatic carboxylic acids is 1. The number of hydrogen-bond acceptors (Lipinski definition) is 4. The second-order valence-electron chi connectivity index (χ2n) is 4.11. The minimum Gasteiger partial charge on any atom is -0.480 e. The molecule has 0 spiro atoms. The maximum Gasteiger partial charge on any atom is 0.325 e. The van der Waals surface area contributed by atoms with Crippen LogP contribution in [0.2, 0.25) is 0 Å². The molecule has 0 aromatic carbocycles. The lowest BCUT2D eigenvalue weighted by molar-refractivity contribution is -0.137. The number of aromatic nitrogens is 4. The number of carbonyl (C=O) groups is 2. The number of nitrogens with zero attached hydrogens (tertiary/aromatic N) is 4. The topological polar surface area (TPSA) is 114 Å². The van der Waals surface area contributed by atoms with Crippen molar-refractivity contribution in [3.63, 3.8) is 0 Å². The van der Waals surface area contributed by atoms with Gasteiger partial charge in [-0.2, -0.15) is 10.2 Å². The van der Waals surface area contributed by atoms with Crippen LogP contribution in [-0.2, 0) is 24.9 Å². The second kappa shape index (κ2) is 5.87. The Balaban J connectivity index is 1.82. The molecule has 2 heterocycles. The standard InChI is InChI=1S/C11H14N6O3/c1-16-3-2-8(15-16)4-12-11(20)14-9-5-13-17(6-9)7-10(18)19/h2-3,5-6H,4,7H2,1H3,(H,18,19)(H2,12,14,20). The highest BCUT2D eigenvalue weighted by atomic mass is 16.4. The van der Waals surface area contributed by atoms with Gasteiger partial charge in [0.15, 0.2) is 0 Å². The maximum atomic E-state index is 11.6. The van der Waals surface area contributed by atoms with Gasteiger partial charge in [-0.15, -0.1) is 0 Å². The van der Waals surface area contributed by atoms with E-state index in [2.05, 4.69) is 20.8 Å². The summed E-state index contributed by atoms with van der Waals surface area (Å²) in [6, 6.07) is 1.39. The first kappa shape index (κ1) is 13.6. The van der Waals surface area contributed by atoms with Crippen molar-refractivity contribution in [1.82, 2.24) is 24.9 Å². The summed E-state index contributed by atoms with van der Waals surface area (Å²) < 4.78 is 2.86. The Morgan fingerprint density at radius 1 is 1.45 bits per heavy atom. The lowest BCUT2D eigenvalue weighted by Gasteiger charge is -2.03. The maximum absolute atomic E-state index is 11.6. The van der Waals surface area contributed by atoms with Crippen molar-refractivity contribution in [2.75, 3.05) is 5.32 Å². The number of carboxylic acids is 1. The van der Waals surface area contributed by atoms with Crippen molar-refractivity contribution in [2.24, 2.45) is 7.05 Å². The fourth-order valence-electron chi connectivity index (χ4n) is 1.56. The number of urea groups is 1. The molecule has 0 unspecified atom stereocenters. The van der Waals surface area contributed by atoms with E-state index in [4.69, 9.17) is 5.11 Å². The predicted octanol–water partition coefficient (Wildman–Crippen LogP) is 0.0229. The Morgan fingerprint density at radius 3 is 2.90 bits per heavy atom. The molecule has 0 saturated carbocycles. The molecule has 2 amide bonds. The molecule has 0 atom stereocenters. The van der Waals surface area contributed by atoms with Crippen molar-refractivity contribution in [2.45, 2.75) is 13.1 Å². The summed E-state index contributed by atoms with van der Waals surface area (Å²) in [5.74, 6) is -1.00. The van der Waals surface area contributed by atoms with Crippen LogP contribution in [0.25, 0.3) is 0 Å². The summed E-state index contributed by atoms with van der Waals surface area (Å²) in [5.41, 5.74) is 1.16. The lowest BCUT2D eigenvalue weighted by atomic mass is 10.4. The summed E-state index contributed by atoms with van der Waals surface area (Å²) in [4.78, 5) is 22.1. The molecule has 3 N–H and O–H groups in total. The van der Waals surface area contributed by atoms with Crippen molar-refractivity contribution < 1.29 is 14.7 Å². The number of rotatable bonds is 5. The molecular weight excluding hydrogens is 264 g/mol. The Labute approximate surface area is 114 Å². The van der Waals surface area contributed by atoms with Gasteiger partial charge in [0.05, 0.1) is 24.1 Å². The molecule has 0 aliphatic carbocycles. The number of amides is 2. The van der Waals surface area contributed by atoms with E-state index in [0.717, 1.165) is 5.69 Å². The summed E-state index contributed by atoms with van der Waals surface area (Å²) in [6.45, 7) is 0.0488. The molecule has 2 rings (SSSR count). The van der Waals surface area contributed by atoms with Crippen LogP contribution in [0.4, 0.5) is 10.5 Å². The number of anilines is 1. The van der Waals surface area contributed by atoms with Crippen LogP contribution in [0.15, 0.2) is 24.7 Å². The monoisotopic (exact) mass is 278 g/mol. The number of carboxylic acid groups (broad SMARTS) is 1. The van der Waals surface area contributed by atoms with Crippen LogP contribution < -0.4 is 10.6 Å². The highest BCUT2D eigenvalue weighted by Crippen LogP contribution is 2.04. The molecule has 106 valence electrons. The van der Waals surface area contributed by atoms with E-state index >= 15 is 0 Å². The number of aryl methyl sites for hydroxylation is 1. The van der Waals surface area contributed by atoms with Gasteiger partial charge >= 0.3 is 12.0 Å². The largest absolute Gasteiger partial charge is 0.480 e. The summed E-state index contributed by atoms with van der Waals surface area (Å²) in [5, 5.41) is 21.7. The molecule has 9 nitrogen and oxygen atoms in total. The molecule has 0 fully saturated rings. The van der Waals surface area contributed by atoms with Crippen molar-refractivity contribution in [1.29, 1.82) is 0 Å². The Bertz CT molecular complexity index is 617. The number of hydrogen-bond donors (Lipinski definition) is 3. The van der Waals surface area contributed by atoms with E-state index in [1.54, 1.807) is 24.0 Å². The number of nitrogens with one attached hydrogen (secondary N) is 2. The van der Waals surface area contributed by atoms with Crippen LogP contribution in [0, 0.1) is 0 Å². The third kappa shape index (κ3) is 3.83. The van der Waals surface area contributed by atoms with Crippen LogP contribution in [-0.4, -0.2) is 36.7 Å². The van der Waals surface area contributed by atoms with Crippen LogP contribution in [0.5, 0.6) is 0 Å². The highest BCUT2D eigenvalue weighted by Gasteiger charge is 2.06. The number of carbonyl (C=O) groups excluding carboxylic acids is 1. The van der Waals surface area contributed by atoms with Gasteiger partial charge in [0.2, 0.25) is 0 Å². The SMILES string of the molecule is Cn1ccc(CNC(=O)Nc2cnn(CC(=O)O)c2)n1. The quantitative estimate of drug-likeness (QED) is 0.713. The minimum atomic E-state index is -1.00. The van der Waals surface area contributed by atoms with E-state index in [1.807, 2.05) is 0 Å². The molecule has 20 heavy (non-hydrogen) atoms. The van der Waals surface area contributed by atoms with Crippen LogP contribution >= 0.6 is 0 Å². The van der Waals surface area contributed by atoms with E-state index in [9.17, 15) is 9.59 Å². The van der Waals surface area contributed by atoms with Crippen molar-refractivity contribution in [3.05, 3.63) is 30.4 Å². The van der Waals surface area contributed by atoms with E-state index in [0.29, 0.717) is 12.2 Å². The average Bonchev–Trinajstić information content (AvgIpc) is 2.95. The van der Waals surface area contributed by atoms with Crippen molar-refractivity contribution in [3.8, 4) is 0 Å². The zero-order chi connectivity index (χ0) is 14.5. The molecule has 0 radical (unpaired) electrons. The molecule has 0 saturated heterocycles. The first-order valence-corrected chi connectivity index (χ1v) is 5.80. The van der Waals surface area contributed by atoms with Crippen molar-refractivity contribution >= 4 is 17.7 Å². The zero-order valence-corrected chi connectivity index (χ0v) is 10.8. The second-order valence-corrected chi connectivity index (χ2v) is 4.11. The third-order valence-corrected chi connectivity index (χ3v) is 2.39. The smallest absolute Gasteiger partial charge is 0.325 e. The molecule has 2 aromatic rings. The molecule has 2 aromatic heterocycles. The average molecular weight is 278 g/mol. The fraction of sp³-hybridized carbons (Fsp3) is 0.273. The summed E-state index contributed by atoms with van der Waals surface area (Å²) >= 11 is 0. The van der Waals surface area contributed by atoms with Gasteiger partial charge in [-0.1, -0.05) is 0 Å². The van der Waals surface area contributed by atoms with E-state index < -0.39 is 12.0 Å². The van der Waals surface area contributed by atoms with Crippen LogP contribution in [0.1, 0.15) is 5.69 Å². The van der Waals surface area contributed by atoms with Gasteiger partial charge in [0.1, 0.15) is 6.54 Å². The Hall–Kier alpha value is -2.84. The normalized spacial score (nSPS) is 10.2. The van der Waals surface area contributed by atoms with E-state index in [1.165, 1.54) is 17.1 Å². The molecule has 0 aliphatic rings. The Kier molecular flexibility index (Phi) is 3.99. The summed E-state index contributed by atoms with van der Waals surface area (Å²) in [7, 11) is 1.79. The van der Waals surface area contributed by atoms with Gasteiger partial charge in [-0.05, 0) is 6.07 Å². The highest BCUT2D eigenvalue weighted by molar-refractivity contribution is 5.88. The molecule has 0 aliphatic heterocycles. The molecule has 9 heteroatoms. The van der Waals surface area contributed by atoms with Gasteiger partial charge in [0, 0.05) is 19.4 Å². The fourth-order valence-corrected chi connectivity index (χ4v) is 1.56. The van der Waals surface area contributed by atoms with Crippen LogP contribution in [0.3, 0.4) is 0 Å². The first-order chi connectivity index (χ1) is 9.52. The van der Waals surface area contributed by atoms with Gasteiger partial charge in [-0.25, -0.2) is 4.79 Å². The molecule has 0 bridgehead atoms. The Morgan fingerprint density at radius 2 is 2.25 bits per heavy atom. The zero-order valence-electron chi connectivity index (χ0n) is 10.8. The first-order valence-electron chi connectivity index (χ1n) is 5.80. The molecular formula is C11H14N6O3. The van der Waals surface area contributed by atoms with Gasteiger partial charge in [-0.3, -0.25) is 14.2 Å². The predicted molar refractivity (Wildman–Crippen MR) is 68.9 cm³/mol. The van der Waals surface area contributed by atoms with Gasteiger partial charge in [0.25, 0.3) is 0 Å². The summed E-state index contributed by atoms with van der Waals surface area (Å²) in [6.07, 6.45) is 4.60. The van der Waals surface area contributed by atoms with Gasteiger partial charge < -0.3 is 15.7 Å². The minimum absolute atomic E-state index is 0.253.